The lowest BCUT2D eigenvalue weighted by atomic mass is 10.0. The molecule has 1 aliphatic heterocycles. The third kappa shape index (κ3) is 3.56. The van der Waals surface area contributed by atoms with Gasteiger partial charge in [0.1, 0.15) is 5.82 Å². The number of hydrogen-bond donors (Lipinski definition) is 2. The van der Waals surface area contributed by atoms with E-state index in [0.717, 1.165) is 35.5 Å². The Kier molecular flexibility index (Phi) is 4.80. The maximum absolute atomic E-state index is 5.86. The second kappa shape index (κ2) is 7.00. The van der Waals surface area contributed by atoms with E-state index in [1.54, 1.807) is 7.11 Å². The molecule has 0 spiro atoms. The number of aryl methyl sites for hydroxylation is 2. The van der Waals surface area contributed by atoms with Crippen molar-refractivity contribution in [1.29, 1.82) is 0 Å². The highest BCUT2D eigenvalue weighted by Crippen LogP contribution is 2.26. The molecule has 1 saturated heterocycles. The molecule has 1 atom stereocenters. The van der Waals surface area contributed by atoms with Crippen LogP contribution in [-0.4, -0.2) is 35.3 Å². The maximum atomic E-state index is 5.86. The quantitative estimate of drug-likeness (QED) is 0.868. The summed E-state index contributed by atoms with van der Waals surface area (Å²) >= 11 is 0. The van der Waals surface area contributed by atoms with Gasteiger partial charge in [0.2, 0.25) is 11.8 Å². The third-order valence-electron chi connectivity index (χ3n) is 4.19. The monoisotopic (exact) mass is 329 g/mol. The van der Waals surface area contributed by atoms with Gasteiger partial charge in [-0.05, 0) is 31.9 Å². The standard InChI is InChI=1S/C17H23N5O2/c1-10-6-11(2)20-16(23-3)13(10)8-19-15-7-14(21-17(18)22-15)12-4-5-24-9-12/h6-7,12H,4-5,8-9H2,1-3H3,(H3,18,19,21,22). The molecule has 3 rings (SSSR count). The molecule has 7 heteroatoms. The van der Waals surface area contributed by atoms with Gasteiger partial charge in [0, 0.05) is 36.4 Å². The summed E-state index contributed by atoms with van der Waals surface area (Å²) in [5, 5.41) is 3.31. The molecule has 7 nitrogen and oxygen atoms in total. The van der Waals surface area contributed by atoms with E-state index in [9.17, 15) is 0 Å². The van der Waals surface area contributed by atoms with Gasteiger partial charge in [-0.3, -0.25) is 0 Å². The summed E-state index contributed by atoms with van der Waals surface area (Å²) < 4.78 is 10.8. The van der Waals surface area contributed by atoms with Gasteiger partial charge in [0.25, 0.3) is 0 Å². The van der Waals surface area contributed by atoms with Crippen LogP contribution in [0.4, 0.5) is 11.8 Å². The Hall–Kier alpha value is -2.41. The highest BCUT2D eigenvalue weighted by atomic mass is 16.5. The average molecular weight is 329 g/mol. The number of nitrogens with one attached hydrogen (secondary N) is 1. The number of nitrogens with zero attached hydrogens (tertiary/aromatic N) is 3. The van der Waals surface area contributed by atoms with Crippen LogP contribution in [0.5, 0.6) is 5.88 Å². The van der Waals surface area contributed by atoms with Crippen LogP contribution in [0.25, 0.3) is 0 Å². The van der Waals surface area contributed by atoms with Crippen molar-refractivity contribution in [2.45, 2.75) is 32.7 Å². The molecule has 0 radical (unpaired) electrons. The minimum atomic E-state index is 0.271. The van der Waals surface area contributed by atoms with E-state index >= 15 is 0 Å². The molecule has 3 heterocycles. The topological polar surface area (TPSA) is 95.2 Å². The zero-order chi connectivity index (χ0) is 17.1. The fraction of sp³-hybridized carbons (Fsp3) is 0.471. The SMILES string of the molecule is COc1nc(C)cc(C)c1CNc1cc(C2CCOC2)nc(N)n1. The molecule has 0 aliphatic carbocycles. The first kappa shape index (κ1) is 16.4. The van der Waals surface area contributed by atoms with Crippen LogP contribution in [0.1, 0.15) is 34.9 Å². The minimum Gasteiger partial charge on any atom is -0.481 e. The van der Waals surface area contributed by atoms with Crippen LogP contribution in [0.2, 0.25) is 0 Å². The molecule has 2 aromatic rings. The molecule has 24 heavy (non-hydrogen) atoms. The largest absolute Gasteiger partial charge is 0.481 e. The van der Waals surface area contributed by atoms with E-state index in [0.29, 0.717) is 24.8 Å². The van der Waals surface area contributed by atoms with Crippen molar-refractivity contribution in [3.8, 4) is 5.88 Å². The van der Waals surface area contributed by atoms with E-state index in [1.807, 2.05) is 26.0 Å². The lowest BCUT2D eigenvalue weighted by Crippen LogP contribution is -2.11. The molecule has 0 bridgehead atoms. The second-order valence-electron chi connectivity index (χ2n) is 6.02. The van der Waals surface area contributed by atoms with Crippen molar-refractivity contribution in [3.05, 3.63) is 34.6 Å². The smallest absolute Gasteiger partial charge is 0.222 e. The van der Waals surface area contributed by atoms with Gasteiger partial charge in [-0.15, -0.1) is 0 Å². The number of pyridine rings is 1. The molecule has 128 valence electrons. The van der Waals surface area contributed by atoms with Gasteiger partial charge in [0.15, 0.2) is 0 Å². The Bertz CT molecular complexity index is 729. The Labute approximate surface area is 141 Å². The van der Waals surface area contributed by atoms with E-state index in [-0.39, 0.29) is 11.9 Å². The van der Waals surface area contributed by atoms with Crippen molar-refractivity contribution in [2.75, 3.05) is 31.4 Å². The Morgan fingerprint density at radius 2 is 2.12 bits per heavy atom. The molecule has 1 fully saturated rings. The fourth-order valence-corrected chi connectivity index (χ4v) is 2.94. The van der Waals surface area contributed by atoms with E-state index in [1.165, 1.54) is 0 Å². The van der Waals surface area contributed by atoms with Crippen molar-refractivity contribution in [1.82, 2.24) is 15.0 Å². The van der Waals surface area contributed by atoms with E-state index < -0.39 is 0 Å². The molecular formula is C17H23N5O2. The second-order valence-corrected chi connectivity index (χ2v) is 6.02. The van der Waals surface area contributed by atoms with Crippen LogP contribution in [-0.2, 0) is 11.3 Å². The van der Waals surface area contributed by atoms with Gasteiger partial charge < -0.3 is 20.5 Å². The highest BCUT2D eigenvalue weighted by molar-refractivity contribution is 5.45. The maximum Gasteiger partial charge on any atom is 0.222 e. The zero-order valence-electron chi connectivity index (χ0n) is 14.3. The number of rotatable bonds is 5. The van der Waals surface area contributed by atoms with E-state index in [4.69, 9.17) is 15.2 Å². The Balaban J connectivity index is 1.80. The number of hydrogen-bond acceptors (Lipinski definition) is 7. The zero-order valence-corrected chi connectivity index (χ0v) is 14.3. The number of ether oxygens (including phenoxy) is 2. The number of methoxy groups -OCH3 is 1. The van der Waals surface area contributed by atoms with Crippen LogP contribution < -0.4 is 15.8 Å². The van der Waals surface area contributed by atoms with Gasteiger partial charge in [-0.1, -0.05) is 0 Å². The first-order valence-electron chi connectivity index (χ1n) is 8.04. The van der Waals surface area contributed by atoms with E-state index in [2.05, 4.69) is 20.3 Å². The Morgan fingerprint density at radius 3 is 2.83 bits per heavy atom. The van der Waals surface area contributed by atoms with Crippen molar-refractivity contribution >= 4 is 11.8 Å². The lowest BCUT2D eigenvalue weighted by molar-refractivity contribution is 0.193. The summed E-state index contributed by atoms with van der Waals surface area (Å²) in [6.07, 6.45) is 0.963. The van der Waals surface area contributed by atoms with Crippen molar-refractivity contribution in [3.63, 3.8) is 0 Å². The molecule has 1 aliphatic rings. The third-order valence-corrected chi connectivity index (χ3v) is 4.19. The summed E-state index contributed by atoms with van der Waals surface area (Å²) in [6, 6.07) is 3.98. The normalized spacial score (nSPS) is 17.0. The number of aromatic nitrogens is 3. The number of nitrogens with two attached hydrogens (primary N) is 1. The molecule has 0 saturated carbocycles. The van der Waals surface area contributed by atoms with Gasteiger partial charge in [-0.25, -0.2) is 9.97 Å². The first-order valence-corrected chi connectivity index (χ1v) is 8.04. The van der Waals surface area contributed by atoms with Gasteiger partial charge in [0.05, 0.1) is 19.4 Å². The summed E-state index contributed by atoms with van der Waals surface area (Å²) in [5.41, 5.74) is 9.85. The molecule has 0 aromatic carbocycles. The predicted octanol–water partition coefficient (Wildman–Crippen LogP) is 2.20. The fourth-order valence-electron chi connectivity index (χ4n) is 2.94. The average Bonchev–Trinajstić information content (AvgIpc) is 3.07. The number of anilines is 2. The minimum absolute atomic E-state index is 0.271. The molecule has 1 unspecified atom stereocenters. The van der Waals surface area contributed by atoms with Crippen molar-refractivity contribution < 1.29 is 9.47 Å². The highest BCUT2D eigenvalue weighted by Gasteiger charge is 2.20. The Morgan fingerprint density at radius 1 is 1.29 bits per heavy atom. The summed E-state index contributed by atoms with van der Waals surface area (Å²) in [5.74, 6) is 1.89. The molecular weight excluding hydrogens is 306 g/mol. The molecule has 0 amide bonds. The summed E-state index contributed by atoms with van der Waals surface area (Å²) in [7, 11) is 1.63. The van der Waals surface area contributed by atoms with Crippen LogP contribution in [0, 0.1) is 13.8 Å². The summed E-state index contributed by atoms with van der Waals surface area (Å²) in [4.78, 5) is 13.0. The van der Waals surface area contributed by atoms with Gasteiger partial charge in [-0.2, -0.15) is 4.98 Å². The van der Waals surface area contributed by atoms with Crippen molar-refractivity contribution in [2.24, 2.45) is 0 Å². The number of nitrogen functional groups attached to an aromatic ring is 1. The van der Waals surface area contributed by atoms with Gasteiger partial charge >= 0.3 is 0 Å². The molecule has 3 N–H and O–H groups in total. The molecule has 2 aromatic heterocycles. The van der Waals surface area contributed by atoms with Crippen LogP contribution in [0.15, 0.2) is 12.1 Å². The first-order chi connectivity index (χ1) is 11.6. The predicted molar refractivity (Wildman–Crippen MR) is 92.2 cm³/mol. The summed E-state index contributed by atoms with van der Waals surface area (Å²) in [6.45, 7) is 6.00. The lowest BCUT2D eigenvalue weighted by Gasteiger charge is -2.14. The van der Waals surface area contributed by atoms with Crippen LogP contribution >= 0.6 is 0 Å². The van der Waals surface area contributed by atoms with Crippen LogP contribution in [0.3, 0.4) is 0 Å².